The summed E-state index contributed by atoms with van der Waals surface area (Å²) in [6, 6.07) is 12.1. The zero-order chi connectivity index (χ0) is 13.4. The molecule has 2 nitrogen and oxygen atoms in total. The Kier molecular flexibility index (Phi) is 2.84. The molecule has 19 heavy (non-hydrogen) atoms. The summed E-state index contributed by atoms with van der Waals surface area (Å²) < 4.78 is 19.4. The zero-order valence-corrected chi connectivity index (χ0v) is 10.6. The molecule has 1 aromatic heterocycles. The lowest BCUT2D eigenvalue weighted by molar-refractivity contribution is 0.588. The predicted octanol–water partition coefficient (Wildman–Crippen LogP) is 3.93. The van der Waals surface area contributed by atoms with Crippen molar-refractivity contribution in [3.8, 4) is 0 Å². The summed E-state index contributed by atoms with van der Waals surface area (Å²) in [7, 11) is 0. The van der Waals surface area contributed by atoms with Crippen LogP contribution in [0, 0.1) is 12.7 Å². The van der Waals surface area contributed by atoms with Crippen molar-refractivity contribution in [3.63, 3.8) is 0 Å². The van der Waals surface area contributed by atoms with Crippen LogP contribution >= 0.6 is 0 Å². The largest absolute Gasteiger partial charge is 0.464 e. The van der Waals surface area contributed by atoms with Gasteiger partial charge in [0.25, 0.3) is 0 Å². The monoisotopic (exact) mass is 255 g/mol. The van der Waals surface area contributed by atoms with Crippen LogP contribution in [0.2, 0.25) is 0 Å². The van der Waals surface area contributed by atoms with Crippen LogP contribution in [-0.4, -0.2) is 0 Å². The van der Waals surface area contributed by atoms with Gasteiger partial charge in [-0.3, -0.25) is 0 Å². The van der Waals surface area contributed by atoms with Crippen molar-refractivity contribution in [3.05, 3.63) is 71.2 Å². The third-order valence-electron chi connectivity index (χ3n) is 3.33. The second kappa shape index (κ2) is 4.52. The van der Waals surface area contributed by atoms with Gasteiger partial charge in [0.15, 0.2) is 0 Å². The first kappa shape index (κ1) is 11.9. The molecule has 0 fully saturated rings. The number of hydrogen-bond donors (Lipinski definition) is 1. The van der Waals surface area contributed by atoms with Gasteiger partial charge in [0.1, 0.15) is 11.4 Å². The Morgan fingerprint density at radius 1 is 1.11 bits per heavy atom. The van der Waals surface area contributed by atoms with E-state index in [-0.39, 0.29) is 5.82 Å². The van der Waals surface area contributed by atoms with Crippen molar-refractivity contribution in [1.82, 2.24) is 0 Å². The molecule has 0 amide bonds. The van der Waals surface area contributed by atoms with Crippen LogP contribution in [0.25, 0.3) is 11.0 Å². The molecule has 96 valence electrons. The number of hydrogen-bond acceptors (Lipinski definition) is 2. The van der Waals surface area contributed by atoms with Gasteiger partial charge >= 0.3 is 0 Å². The average molecular weight is 255 g/mol. The lowest BCUT2D eigenvalue weighted by atomic mass is 9.97. The average Bonchev–Trinajstić information content (AvgIpc) is 2.84. The van der Waals surface area contributed by atoms with E-state index in [0.29, 0.717) is 5.56 Å². The van der Waals surface area contributed by atoms with Gasteiger partial charge in [-0.2, -0.15) is 0 Å². The maximum Gasteiger partial charge on any atom is 0.134 e. The molecule has 0 bridgehead atoms. The maximum absolute atomic E-state index is 13.9. The fourth-order valence-electron chi connectivity index (χ4n) is 2.31. The normalized spacial score (nSPS) is 12.8. The summed E-state index contributed by atoms with van der Waals surface area (Å²) in [5.74, 6) is -0.289. The number of nitrogens with two attached hydrogens (primary N) is 1. The third kappa shape index (κ3) is 2.02. The fourth-order valence-corrected chi connectivity index (χ4v) is 2.31. The summed E-state index contributed by atoms with van der Waals surface area (Å²) in [5.41, 5.74) is 9.24. The van der Waals surface area contributed by atoms with Crippen molar-refractivity contribution < 1.29 is 8.81 Å². The van der Waals surface area contributed by atoms with E-state index < -0.39 is 6.04 Å². The number of para-hydroxylation sites is 1. The van der Waals surface area contributed by atoms with Crippen LogP contribution < -0.4 is 5.73 Å². The summed E-state index contributed by atoms with van der Waals surface area (Å²) in [6.07, 6.45) is 1.61. The molecule has 0 saturated carbocycles. The molecule has 0 spiro atoms. The quantitative estimate of drug-likeness (QED) is 0.753. The van der Waals surface area contributed by atoms with Crippen molar-refractivity contribution in [1.29, 1.82) is 0 Å². The van der Waals surface area contributed by atoms with Gasteiger partial charge < -0.3 is 10.2 Å². The van der Waals surface area contributed by atoms with Gasteiger partial charge in [-0.05, 0) is 19.1 Å². The molecule has 2 N–H and O–H groups in total. The van der Waals surface area contributed by atoms with E-state index in [1.165, 1.54) is 6.07 Å². The topological polar surface area (TPSA) is 39.2 Å². The van der Waals surface area contributed by atoms with E-state index in [1.54, 1.807) is 18.4 Å². The predicted molar refractivity (Wildman–Crippen MR) is 73.4 cm³/mol. The molecule has 2 aromatic carbocycles. The van der Waals surface area contributed by atoms with E-state index in [0.717, 1.165) is 22.1 Å². The Morgan fingerprint density at radius 2 is 1.89 bits per heavy atom. The van der Waals surface area contributed by atoms with Gasteiger partial charge in [-0.15, -0.1) is 0 Å². The maximum atomic E-state index is 13.9. The highest BCUT2D eigenvalue weighted by molar-refractivity contribution is 5.81. The number of fused-ring (bicyclic) bond motifs is 1. The minimum absolute atomic E-state index is 0.289. The number of rotatable bonds is 2. The van der Waals surface area contributed by atoms with E-state index in [4.69, 9.17) is 10.2 Å². The van der Waals surface area contributed by atoms with Crippen molar-refractivity contribution >= 4 is 11.0 Å². The molecule has 1 atom stereocenters. The molecule has 0 radical (unpaired) electrons. The smallest absolute Gasteiger partial charge is 0.134 e. The van der Waals surface area contributed by atoms with Crippen LogP contribution in [0.15, 0.2) is 53.1 Å². The molecule has 3 aromatic rings. The molecule has 1 unspecified atom stereocenters. The standard InChI is InChI=1S/C16H14FNO/c1-10-6-7-14(17)12(8-10)16(18)13-9-19-15-5-3-2-4-11(13)15/h2-9,16H,18H2,1H3. The van der Waals surface area contributed by atoms with Crippen LogP contribution in [0.1, 0.15) is 22.7 Å². The fraction of sp³-hybridized carbons (Fsp3) is 0.125. The molecular formula is C16H14FNO. The summed E-state index contributed by atoms with van der Waals surface area (Å²) >= 11 is 0. The molecule has 3 heteroatoms. The van der Waals surface area contributed by atoms with Crippen molar-refractivity contribution in [2.75, 3.05) is 0 Å². The van der Waals surface area contributed by atoms with Crippen molar-refractivity contribution in [2.45, 2.75) is 13.0 Å². The Morgan fingerprint density at radius 3 is 2.74 bits per heavy atom. The van der Waals surface area contributed by atoms with E-state index >= 15 is 0 Å². The summed E-state index contributed by atoms with van der Waals surface area (Å²) in [6.45, 7) is 1.92. The van der Waals surface area contributed by atoms with Gasteiger partial charge in [-0.25, -0.2) is 4.39 Å². The highest BCUT2D eigenvalue weighted by atomic mass is 19.1. The minimum atomic E-state index is -0.524. The molecule has 3 rings (SSSR count). The Balaban J connectivity index is 2.13. The Bertz CT molecular complexity index is 732. The van der Waals surface area contributed by atoms with Gasteiger partial charge in [-0.1, -0.05) is 35.9 Å². The summed E-state index contributed by atoms with van der Waals surface area (Å²) in [5, 5.41) is 0.927. The molecule has 0 aliphatic rings. The molecule has 0 saturated heterocycles. The van der Waals surface area contributed by atoms with Crippen LogP contribution in [0.5, 0.6) is 0 Å². The second-order valence-corrected chi connectivity index (χ2v) is 4.69. The van der Waals surface area contributed by atoms with E-state index in [9.17, 15) is 4.39 Å². The first-order chi connectivity index (χ1) is 9.16. The first-order valence-electron chi connectivity index (χ1n) is 6.14. The molecule has 1 heterocycles. The minimum Gasteiger partial charge on any atom is -0.464 e. The van der Waals surface area contributed by atoms with Crippen molar-refractivity contribution in [2.24, 2.45) is 5.73 Å². The molecule has 0 aliphatic carbocycles. The molecule has 0 aliphatic heterocycles. The number of furan rings is 1. The second-order valence-electron chi connectivity index (χ2n) is 4.69. The number of halogens is 1. The highest BCUT2D eigenvalue weighted by Crippen LogP contribution is 2.30. The van der Waals surface area contributed by atoms with Crippen LogP contribution in [0.4, 0.5) is 4.39 Å². The van der Waals surface area contributed by atoms with Gasteiger partial charge in [0, 0.05) is 16.5 Å². The highest BCUT2D eigenvalue weighted by Gasteiger charge is 2.18. The SMILES string of the molecule is Cc1ccc(F)c(C(N)c2coc3ccccc23)c1. The van der Waals surface area contributed by atoms with E-state index in [2.05, 4.69) is 0 Å². The Labute approximate surface area is 110 Å². The first-order valence-corrected chi connectivity index (χ1v) is 6.14. The lowest BCUT2D eigenvalue weighted by Gasteiger charge is -2.12. The van der Waals surface area contributed by atoms with Gasteiger partial charge in [0.05, 0.1) is 12.3 Å². The number of aryl methyl sites for hydroxylation is 1. The zero-order valence-electron chi connectivity index (χ0n) is 10.6. The van der Waals surface area contributed by atoms with Crippen LogP contribution in [0.3, 0.4) is 0 Å². The summed E-state index contributed by atoms with van der Waals surface area (Å²) in [4.78, 5) is 0. The number of benzene rings is 2. The lowest BCUT2D eigenvalue weighted by Crippen LogP contribution is -2.13. The third-order valence-corrected chi connectivity index (χ3v) is 3.33. The van der Waals surface area contributed by atoms with E-state index in [1.807, 2.05) is 31.2 Å². The Hall–Kier alpha value is -2.13. The van der Waals surface area contributed by atoms with Crippen LogP contribution in [-0.2, 0) is 0 Å². The molecular weight excluding hydrogens is 241 g/mol. The van der Waals surface area contributed by atoms with Gasteiger partial charge in [0.2, 0.25) is 0 Å².